The first kappa shape index (κ1) is 23.1. The molecule has 3 rings (SSSR count). The highest BCUT2D eigenvalue weighted by Crippen LogP contribution is 2.31. The van der Waals surface area contributed by atoms with E-state index in [1.807, 2.05) is 50.5 Å². The number of methoxy groups -OCH3 is 1. The Morgan fingerprint density at radius 2 is 1.81 bits per heavy atom. The molecule has 0 aliphatic heterocycles. The van der Waals surface area contributed by atoms with Crippen molar-refractivity contribution in [2.45, 2.75) is 6.42 Å². The fourth-order valence-corrected chi connectivity index (χ4v) is 3.93. The lowest BCUT2D eigenvalue weighted by Crippen LogP contribution is -2.25. The number of pyridine rings is 1. The van der Waals surface area contributed by atoms with Crippen molar-refractivity contribution in [2.75, 3.05) is 30.8 Å². The maximum Gasteiger partial charge on any atom is 0.273 e. The van der Waals surface area contributed by atoms with Crippen LogP contribution in [0.1, 0.15) is 11.1 Å². The molecule has 7 nitrogen and oxygen atoms in total. The summed E-state index contributed by atoms with van der Waals surface area (Å²) in [6.45, 7) is 3.34. The molecule has 8 heteroatoms. The molecular weight excluding hydrogens is 426 g/mol. The minimum Gasteiger partial charge on any atom is -0.497 e. The first-order chi connectivity index (χ1) is 15.1. The number of anilines is 2. The van der Waals surface area contributed by atoms with Crippen molar-refractivity contribution in [3.05, 3.63) is 88.2 Å². The van der Waals surface area contributed by atoms with Crippen molar-refractivity contribution in [1.82, 2.24) is 4.57 Å². The van der Waals surface area contributed by atoms with Gasteiger partial charge < -0.3 is 14.2 Å². The van der Waals surface area contributed by atoms with Crippen molar-refractivity contribution in [2.24, 2.45) is 7.05 Å². The van der Waals surface area contributed by atoms with Crippen LogP contribution in [0.15, 0.2) is 71.5 Å². The molecule has 0 radical (unpaired) electrons. The van der Waals surface area contributed by atoms with Crippen LogP contribution in [0.4, 0.5) is 11.4 Å². The summed E-state index contributed by atoms with van der Waals surface area (Å²) in [4.78, 5) is 14.3. The molecule has 0 saturated heterocycles. The quantitative estimate of drug-likeness (QED) is 0.564. The maximum absolute atomic E-state index is 12.5. The number of nitrogens with one attached hydrogen (secondary N) is 1. The summed E-state index contributed by atoms with van der Waals surface area (Å²) in [5.41, 5.74) is 4.53. The van der Waals surface area contributed by atoms with Crippen LogP contribution in [0.2, 0.25) is 0 Å². The first-order valence-electron chi connectivity index (χ1n) is 9.93. The fourth-order valence-electron chi connectivity index (χ4n) is 3.39. The lowest BCUT2D eigenvalue weighted by atomic mass is 9.95. The van der Waals surface area contributed by atoms with E-state index in [0.717, 1.165) is 33.4 Å². The molecule has 0 fully saturated rings. The Bertz CT molecular complexity index is 1290. The van der Waals surface area contributed by atoms with Crippen LogP contribution < -0.4 is 19.9 Å². The SMILES string of the molecule is C=CS(=O)(=O)Nc1ccc(Cc2ccc(OC)cc2)c(-c2cc(N(C)C)c(=O)n(C)c2)c1. The number of ether oxygens (including phenoxy) is 1. The van der Waals surface area contributed by atoms with Gasteiger partial charge in [0.05, 0.1) is 7.11 Å². The third-order valence-electron chi connectivity index (χ3n) is 5.10. The van der Waals surface area contributed by atoms with Gasteiger partial charge in [-0.3, -0.25) is 9.52 Å². The van der Waals surface area contributed by atoms with E-state index in [-0.39, 0.29) is 5.56 Å². The molecule has 0 bridgehead atoms. The first-order valence-corrected chi connectivity index (χ1v) is 11.5. The van der Waals surface area contributed by atoms with Gasteiger partial charge in [-0.1, -0.05) is 24.8 Å². The number of hydrogen-bond donors (Lipinski definition) is 1. The summed E-state index contributed by atoms with van der Waals surface area (Å²) in [7, 11) is 3.30. The van der Waals surface area contributed by atoms with Crippen LogP contribution in [0.5, 0.6) is 5.75 Å². The average Bonchev–Trinajstić information content (AvgIpc) is 2.76. The molecule has 0 saturated carbocycles. The summed E-state index contributed by atoms with van der Waals surface area (Å²) in [5, 5.41) is 0.869. The minimum atomic E-state index is -3.65. The Hall–Kier alpha value is -3.52. The number of aromatic nitrogens is 1. The second-order valence-electron chi connectivity index (χ2n) is 7.64. The molecule has 1 aromatic heterocycles. The van der Waals surface area contributed by atoms with Gasteiger partial charge in [-0.2, -0.15) is 0 Å². The van der Waals surface area contributed by atoms with Gasteiger partial charge in [0.2, 0.25) is 0 Å². The average molecular weight is 454 g/mol. The molecular formula is C24H27N3O4S. The molecule has 0 amide bonds. The lowest BCUT2D eigenvalue weighted by Gasteiger charge is -2.18. The second kappa shape index (κ2) is 9.32. The predicted octanol–water partition coefficient (Wildman–Crippen LogP) is 3.60. The van der Waals surface area contributed by atoms with Crippen LogP contribution in [0, 0.1) is 0 Å². The van der Waals surface area contributed by atoms with Crippen molar-refractivity contribution in [3.63, 3.8) is 0 Å². The van der Waals surface area contributed by atoms with Crippen LogP contribution in [0.3, 0.4) is 0 Å². The van der Waals surface area contributed by atoms with Gasteiger partial charge in [0, 0.05) is 44.0 Å². The Labute approximate surface area is 188 Å². The number of aryl methyl sites for hydroxylation is 1. The summed E-state index contributed by atoms with van der Waals surface area (Å²) in [6, 6.07) is 15.0. The van der Waals surface area contributed by atoms with E-state index in [1.165, 1.54) is 4.57 Å². The van der Waals surface area contributed by atoms with Crippen molar-refractivity contribution >= 4 is 21.4 Å². The monoisotopic (exact) mass is 453 g/mol. The zero-order valence-electron chi connectivity index (χ0n) is 18.6. The molecule has 168 valence electrons. The largest absolute Gasteiger partial charge is 0.497 e. The van der Waals surface area contributed by atoms with E-state index in [4.69, 9.17) is 4.74 Å². The normalized spacial score (nSPS) is 11.1. The van der Waals surface area contributed by atoms with Crippen LogP contribution in [0.25, 0.3) is 11.1 Å². The summed E-state index contributed by atoms with van der Waals surface area (Å²) in [6.07, 6.45) is 2.38. The molecule has 0 aliphatic carbocycles. The van der Waals surface area contributed by atoms with Crippen LogP contribution in [-0.4, -0.2) is 34.2 Å². The standard InChI is InChI=1S/C24H27N3O4S/c1-6-32(29,30)25-20-10-9-18(13-17-7-11-21(31-5)12-8-17)22(15-20)19-14-23(26(2)3)24(28)27(4)16-19/h6-12,14-16,25H,1,13H2,2-5H3. The van der Waals surface area contributed by atoms with E-state index in [1.54, 1.807) is 37.4 Å². The highest BCUT2D eigenvalue weighted by molar-refractivity contribution is 7.95. The van der Waals surface area contributed by atoms with E-state index in [9.17, 15) is 13.2 Å². The molecule has 1 heterocycles. The highest BCUT2D eigenvalue weighted by Gasteiger charge is 2.14. The van der Waals surface area contributed by atoms with E-state index in [2.05, 4.69) is 11.3 Å². The maximum atomic E-state index is 12.5. The molecule has 2 aromatic carbocycles. The summed E-state index contributed by atoms with van der Waals surface area (Å²) in [5.74, 6) is 0.775. The third kappa shape index (κ3) is 5.20. The van der Waals surface area contributed by atoms with Crippen LogP contribution >= 0.6 is 0 Å². The van der Waals surface area contributed by atoms with E-state index >= 15 is 0 Å². The van der Waals surface area contributed by atoms with Crippen molar-refractivity contribution < 1.29 is 13.2 Å². The molecule has 0 unspecified atom stereocenters. The second-order valence-corrected chi connectivity index (χ2v) is 9.26. The van der Waals surface area contributed by atoms with Gasteiger partial charge in [0.25, 0.3) is 15.6 Å². The zero-order chi connectivity index (χ0) is 23.5. The van der Waals surface area contributed by atoms with E-state index < -0.39 is 10.0 Å². The van der Waals surface area contributed by atoms with Gasteiger partial charge in [-0.15, -0.1) is 0 Å². The summed E-state index contributed by atoms with van der Waals surface area (Å²) < 4.78 is 33.3. The molecule has 0 aliphatic rings. The topological polar surface area (TPSA) is 80.6 Å². The van der Waals surface area contributed by atoms with Gasteiger partial charge in [-0.05, 0) is 53.4 Å². The number of rotatable bonds is 8. The smallest absolute Gasteiger partial charge is 0.273 e. The number of benzene rings is 2. The predicted molar refractivity (Wildman–Crippen MR) is 130 cm³/mol. The Morgan fingerprint density at radius 1 is 1.12 bits per heavy atom. The van der Waals surface area contributed by atoms with Gasteiger partial charge in [0.1, 0.15) is 11.4 Å². The van der Waals surface area contributed by atoms with Crippen LogP contribution in [-0.2, 0) is 23.5 Å². The molecule has 0 spiro atoms. The van der Waals surface area contributed by atoms with Crippen molar-refractivity contribution in [1.29, 1.82) is 0 Å². The number of nitrogens with zero attached hydrogens (tertiary/aromatic N) is 2. The van der Waals surface area contributed by atoms with Gasteiger partial charge in [0.15, 0.2) is 0 Å². The minimum absolute atomic E-state index is 0.112. The lowest BCUT2D eigenvalue weighted by molar-refractivity contribution is 0.414. The number of hydrogen-bond acceptors (Lipinski definition) is 5. The zero-order valence-corrected chi connectivity index (χ0v) is 19.4. The highest BCUT2D eigenvalue weighted by atomic mass is 32.2. The Kier molecular flexibility index (Phi) is 6.74. The van der Waals surface area contributed by atoms with Crippen molar-refractivity contribution in [3.8, 4) is 16.9 Å². The fraction of sp³-hybridized carbons (Fsp3) is 0.208. The molecule has 0 atom stereocenters. The summed E-state index contributed by atoms with van der Waals surface area (Å²) >= 11 is 0. The third-order valence-corrected chi connectivity index (χ3v) is 6.06. The van der Waals surface area contributed by atoms with E-state index in [0.29, 0.717) is 17.8 Å². The molecule has 3 aromatic rings. The van der Waals surface area contributed by atoms with Gasteiger partial charge in [-0.25, -0.2) is 8.42 Å². The molecule has 1 N–H and O–H groups in total. The number of sulfonamides is 1. The van der Waals surface area contributed by atoms with Gasteiger partial charge >= 0.3 is 0 Å². The Morgan fingerprint density at radius 3 is 2.41 bits per heavy atom. The Balaban J connectivity index is 2.15. The molecule has 32 heavy (non-hydrogen) atoms.